The number of aromatic amines is 1. The molecule has 13 heteroatoms. The number of aliphatic imine (C=N–C) groups is 1. The normalized spacial score (nSPS) is 16.0. The minimum Gasteiger partial charge on any atom is -0.375 e. The molecule has 1 aliphatic rings. The molecule has 3 N–H and O–H groups in total. The number of halogens is 3. The molecular weight excluding hydrogens is 511 g/mol. The number of piperazine rings is 1. The predicted octanol–water partition coefficient (Wildman–Crippen LogP) is 3.02. The molecule has 39 heavy (non-hydrogen) atoms. The van der Waals surface area contributed by atoms with Crippen LogP contribution in [0.1, 0.15) is 16.8 Å². The lowest BCUT2D eigenvalue weighted by Gasteiger charge is -2.36. The zero-order valence-corrected chi connectivity index (χ0v) is 21.0. The average Bonchev–Trinajstić information content (AvgIpc) is 3.61. The van der Waals surface area contributed by atoms with Crippen LogP contribution in [0.5, 0.6) is 0 Å². The number of aromatic nitrogens is 5. The molecule has 10 nitrogen and oxygen atoms in total. The molecule has 0 spiro atoms. The summed E-state index contributed by atoms with van der Waals surface area (Å²) in [5.41, 5.74) is -0.349. The molecule has 0 radical (unpaired) electrons. The van der Waals surface area contributed by atoms with Gasteiger partial charge in [0.15, 0.2) is 11.4 Å². The van der Waals surface area contributed by atoms with Gasteiger partial charge in [-0.1, -0.05) is 12.1 Å². The van der Waals surface area contributed by atoms with Crippen LogP contribution < -0.4 is 4.90 Å². The maximum absolute atomic E-state index is 14.0. The molecule has 1 aliphatic heterocycles. The number of aliphatic hydroxyl groups is 1. The molecule has 1 saturated heterocycles. The first-order valence-corrected chi connectivity index (χ1v) is 12.1. The van der Waals surface area contributed by atoms with E-state index in [2.05, 4.69) is 25.0 Å². The third-order valence-electron chi connectivity index (χ3n) is 6.69. The predicted molar refractivity (Wildman–Crippen MR) is 140 cm³/mol. The lowest BCUT2D eigenvalue weighted by molar-refractivity contribution is -0.0722. The van der Waals surface area contributed by atoms with Gasteiger partial charge in [0.1, 0.15) is 12.2 Å². The van der Waals surface area contributed by atoms with Gasteiger partial charge in [0.05, 0.1) is 11.9 Å². The van der Waals surface area contributed by atoms with Crippen molar-refractivity contribution in [3.63, 3.8) is 0 Å². The largest absolute Gasteiger partial charge is 0.375 e. The van der Waals surface area contributed by atoms with Crippen molar-refractivity contribution in [3.05, 3.63) is 84.0 Å². The molecule has 1 aromatic carbocycles. The van der Waals surface area contributed by atoms with Crippen molar-refractivity contribution in [1.29, 1.82) is 5.41 Å². The SMILES string of the molecule is Cn1cc(-c2c[nH]c(/C(=N\C=N)N3CCN(c4ncc([C@](O)(c5ccc(F)cc5)C(F)F)cn4)CC3)c2)cn1. The molecule has 3 aromatic heterocycles. The van der Waals surface area contributed by atoms with E-state index >= 15 is 0 Å². The molecule has 0 amide bonds. The fraction of sp³-hybridized carbons (Fsp3) is 0.269. The maximum atomic E-state index is 14.0. The van der Waals surface area contributed by atoms with E-state index in [0.29, 0.717) is 38.0 Å². The Bertz CT molecular complexity index is 1460. The highest BCUT2D eigenvalue weighted by atomic mass is 19.3. The number of aryl methyl sites for hydroxylation is 1. The van der Waals surface area contributed by atoms with Crippen LogP contribution in [0.25, 0.3) is 11.1 Å². The minimum absolute atomic E-state index is 0.155. The van der Waals surface area contributed by atoms with Crippen LogP contribution in [0, 0.1) is 11.2 Å². The number of amidine groups is 1. The van der Waals surface area contributed by atoms with E-state index in [1.165, 1.54) is 12.4 Å². The number of benzene rings is 1. The van der Waals surface area contributed by atoms with Gasteiger partial charge in [0, 0.05) is 74.7 Å². The highest BCUT2D eigenvalue weighted by Gasteiger charge is 2.42. The molecule has 4 heterocycles. The van der Waals surface area contributed by atoms with Crippen LogP contribution in [0.4, 0.5) is 19.1 Å². The Morgan fingerprint density at radius 3 is 2.36 bits per heavy atom. The van der Waals surface area contributed by atoms with Crippen molar-refractivity contribution in [3.8, 4) is 11.1 Å². The Hall–Kier alpha value is -4.52. The van der Waals surface area contributed by atoms with Crippen molar-refractivity contribution < 1.29 is 18.3 Å². The second kappa shape index (κ2) is 10.7. The third-order valence-corrected chi connectivity index (χ3v) is 6.69. The fourth-order valence-electron chi connectivity index (χ4n) is 4.57. The van der Waals surface area contributed by atoms with Crippen molar-refractivity contribution >= 4 is 18.1 Å². The third kappa shape index (κ3) is 5.12. The molecule has 0 saturated carbocycles. The molecule has 0 bridgehead atoms. The lowest BCUT2D eigenvalue weighted by Crippen LogP contribution is -2.49. The molecule has 0 unspecified atom stereocenters. The quantitative estimate of drug-likeness (QED) is 0.246. The van der Waals surface area contributed by atoms with Gasteiger partial charge < -0.3 is 19.9 Å². The number of nitrogens with zero attached hydrogens (tertiary/aromatic N) is 7. The summed E-state index contributed by atoms with van der Waals surface area (Å²) in [6.07, 6.45) is 5.71. The van der Waals surface area contributed by atoms with Crippen molar-refractivity contribution in [2.24, 2.45) is 12.0 Å². The fourth-order valence-corrected chi connectivity index (χ4v) is 4.57. The van der Waals surface area contributed by atoms with E-state index in [1.54, 1.807) is 10.9 Å². The number of alkyl halides is 2. The first-order valence-electron chi connectivity index (χ1n) is 12.1. The number of nitrogens with one attached hydrogen (secondary N) is 2. The molecule has 5 rings (SSSR count). The minimum atomic E-state index is -3.18. The molecule has 0 aliphatic carbocycles. The standard InChI is InChI=1S/C26H26F3N9O/c1-36-15-18(12-35-36)17-10-22(31-11-17)23(34-16-30)37-6-8-38(9-7-37)25-32-13-20(14-33-25)26(39,24(28)29)19-2-4-21(27)5-3-19/h2-5,10-16,24,30-31,39H,6-9H2,1H3/b30-16?,34-23+/t26-/m1/s1. The molecule has 4 aromatic rings. The van der Waals surface area contributed by atoms with E-state index in [-0.39, 0.29) is 11.1 Å². The number of hydrogen-bond donors (Lipinski definition) is 3. The van der Waals surface area contributed by atoms with Gasteiger partial charge in [-0.25, -0.2) is 28.1 Å². The number of H-pyrrole nitrogens is 1. The van der Waals surface area contributed by atoms with Gasteiger partial charge in [-0.2, -0.15) is 5.10 Å². The van der Waals surface area contributed by atoms with Gasteiger partial charge in [0.25, 0.3) is 6.43 Å². The van der Waals surface area contributed by atoms with Crippen LogP contribution in [-0.2, 0) is 12.6 Å². The molecular formula is C26H26F3N9O. The summed E-state index contributed by atoms with van der Waals surface area (Å²) in [6.45, 7) is 2.14. The molecule has 202 valence electrons. The summed E-state index contributed by atoms with van der Waals surface area (Å²) >= 11 is 0. The van der Waals surface area contributed by atoms with E-state index in [4.69, 9.17) is 5.41 Å². The lowest BCUT2D eigenvalue weighted by atomic mass is 9.88. The summed E-state index contributed by atoms with van der Waals surface area (Å²) in [4.78, 5) is 19.9. The Balaban J connectivity index is 1.29. The maximum Gasteiger partial charge on any atom is 0.275 e. The highest BCUT2D eigenvalue weighted by molar-refractivity contribution is 6.01. The zero-order valence-electron chi connectivity index (χ0n) is 21.0. The van der Waals surface area contributed by atoms with Crippen LogP contribution in [-0.4, -0.2) is 79.5 Å². The van der Waals surface area contributed by atoms with Gasteiger partial charge >= 0.3 is 0 Å². The number of anilines is 1. The van der Waals surface area contributed by atoms with Gasteiger partial charge in [-0.15, -0.1) is 0 Å². The van der Waals surface area contributed by atoms with Gasteiger partial charge in [-0.05, 0) is 23.8 Å². The average molecular weight is 538 g/mol. The molecule has 1 atom stereocenters. The molecule has 1 fully saturated rings. The highest BCUT2D eigenvalue weighted by Crippen LogP contribution is 2.35. The zero-order chi connectivity index (χ0) is 27.6. The topological polar surface area (TPSA) is 122 Å². The summed E-state index contributed by atoms with van der Waals surface area (Å²) in [5.74, 6) is 0.357. The first-order chi connectivity index (χ1) is 18.8. The Kier molecular flexibility index (Phi) is 7.15. The van der Waals surface area contributed by atoms with Crippen molar-refractivity contribution in [1.82, 2.24) is 29.6 Å². The van der Waals surface area contributed by atoms with E-state index in [9.17, 15) is 18.3 Å². The second-order valence-corrected chi connectivity index (χ2v) is 9.11. The summed E-state index contributed by atoms with van der Waals surface area (Å²) in [6, 6.07) is 6.22. The monoisotopic (exact) mass is 537 g/mol. The van der Waals surface area contributed by atoms with Crippen LogP contribution in [0.2, 0.25) is 0 Å². The smallest absolute Gasteiger partial charge is 0.275 e. The summed E-state index contributed by atoms with van der Waals surface area (Å²) in [7, 11) is 1.85. The van der Waals surface area contributed by atoms with Crippen LogP contribution in [0.15, 0.2) is 66.3 Å². The van der Waals surface area contributed by atoms with E-state index < -0.39 is 17.8 Å². The number of hydrogen-bond acceptors (Lipinski definition) is 6. The summed E-state index contributed by atoms with van der Waals surface area (Å²) < 4.78 is 43.0. The van der Waals surface area contributed by atoms with Gasteiger partial charge in [-0.3, -0.25) is 10.1 Å². The van der Waals surface area contributed by atoms with Crippen LogP contribution >= 0.6 is 0 Å². The Morgan fingerprint density at radius 2 is 1.77 bits per heavy atom. The second-order valence-electron chi connectivity index (χ2n) is 9.11. The van der Waals surface area contributed by atoms with E-state index in [0.717, 1.165) is 47.4 Å². The Labute approximate surface area is 222 Å². The van der Waals surface area contributed by atoms with Gasteiger partial charge in [0.2, 0.25) is 5.95 Å². The van der Waals surface area contributed by atoms with Crippen LogP contribution in [0.3, 0.4) is 0 Å². The van der Waals surface area contributed by atoms with Crippen molar-refractivity contribution in [2.45, 2.75) is 12.0 Å². The Morgan fingerprint density at radius 1 is 1.08 bits per heavy atom. The van der Waals surface area contributed by atoms with E-state index in [1.807, 2.05) is 35.3 Å². The number of rotatable bonds is 7. The first kappa shape index (κ1) is 26.1. The summed E-state index contributed by atoms with van der Waals surface area (Å²) in [5, 5.41) is 22.6. The van der Waals surface area contributed by atoms with Crippen molar-refractivity contribution in [2.75, 3.05) is 31.1 Å².